The summed E-state index contributed by atoms with van der Waals surface area (Å²) < 4.78 is 6.22. The molecule has 0 aromatic heterocycles. The minimum Gasteiger partial charge on any atom is -0.489 e. The molecule has 0 radical (unpaired) electrons. The molecule has 0 heterocycles. The van der Waals surface area contributed by atoms with E-state index in [0.717, 1.165) is 12.2 Å². The van der Waals surface area contributed by atoms with Gasteiger partial charge in [0.2, 0.25) is 0 Å². The minimum absolute atomic E-state index is 0.0690. The number of ether oxygens (including phenoxy) is 1. The average Bonchev–Trinajstić information content (AvgIpc) is 2.28. The number of halogens is 1. The lowest BCUT2D eigenvalue weighted by Crippen LogP contribution is -2.53. The molecule has 1 fully saturated rings. The molecular weight excluding hydrogens is 244 g/mol. The molecule has 2 rings (SSSR count). The predicted molar refractivity (Wildman–Crippen MR) is 77.7 cm³/mol. The third-order valence-corrected chi connectivity index (χ3v) is 4.86. The van der Waals surface area contributed by atoms with E-state index in [4.69, 9.17) is 16.3 Å². The predicted octanol–water partition coefficient (Wildman–Crippen LogP) is 4.90. The number of hydrogen-bond acceptors (Lipinski definition) is 1. The molecule has 100 valence electrons. The molecule has 1 aliphatic carbocycles. The summed E-state index contributed by atoms with van der Waals surface area (Å²) in [6.07, 6.45) is 1.18. The lowest BCUT2D eigenvalue weighted by Gasteiger charge is -2.48. The van der Waals surface area contributed by atoms with Crippen molar-refractivity contribution in [1.82, 2.24) is 0 Å². The number of aryl methyl sites for hydroxylation is 1. The van der Waals surface area contributed by atoms with Crippen molar-refractivity contribution in [3.63, 3.8) is 0 Å². The maximum absolute atomic E-state index is 6.26. The second-order valence-electron chi connectivity index (χ2n) is 6.33. The van der Waals surface area contributed by atoms with Crippen molar-refractivity contribution in [3.8, 4) is 5.75 Å². The third kappa shape index (κ3) is 2.38. The van der Waals surface area contributed by atoms with Gasteiger partial charge in [-0.25, -0.2) is 0 Å². The third-order valence-electron chi connectivity index (χ3n) is 4.12. The molecule has 0 spiro atoms. The SMILES string of the molecule is Cc1ccc(C(C)C)c(OC2CC(Cl)C2(C)C)c1. The Balaban J connectivity index is 2.21. The number of rotatable bonds is 3. The van der Waals surface area contributed by atoms with E-state index in [9.17, 15) is 0 Å². The van der Waals surface area contributed by atoms with Gasteiger partial charge in [-0.05, 0) is 30.0 Å². The van der Waals surface area contributed by atoms with Crippen LogP contribution in [0.3, 0.4) is 0 Å². The highest BCUT2D eigenvalue weighted by Gasteiger charge is 2.49. The Hall–Kier alpha value is -0.690. The smallest absolute Gasteiger partial charge is 0.123 e. The van der Waals surface area contributed by atoms with Crippen LogP contribution in [0.4, 0.5) is 0 Å². The van der Waals surface area contributed by atoms with Crippen molar-refractivity contribution < 1.29 is 4.74 Å². The van der Waals surface area contributed by atoms with Crippen molar-refractivity contribution >= 4 is 11.6 Å². The maximum Gasteiger partial charge on any atom is 0.123 e. The second kappa shape index (κ2) is 4.77. The van der Waals surface area contributed by atoms with Gasteiger partial charge in [-0.15, -0.1) is 11.6 Å². The van der Waals surface area contributed by atoms with Gasteiger partial charge in [-0.2, -0.15) is 0 Å². The average molecular weight is 267 g/mol. The van der Waals surface area contributed by atoms with Gasteiger partial charge in [0.1, 0.15) is 11.9 Å². The van der Waals surface area contributed by atoms with Crippen LogP contribution in [0.1, 0.15) is 51.2 Å². The normalized spacial score (nSPS) is 25.9. The van der Waals surface area contributed by atoms with Crippen LogP contribution >= 0.6 is 11.6 Å². The van der Waals surface area contributed by atoms with Crippen LogP contribution in [0.2, 0.25) is 0 Å². The fraction of sp³-hybridized carbons (Fsp3) is 0.625. The Labute approximate surface area is 115 Å². The summed E-state index contributed by atoms with van der Waals surface area (Å²) in [5.41, 5.74) is 2.60. The molecule has 0 N–H and O–H groups in total. The zero-order valence-electron chi connectivity index (χ0n) is 12.0. The fourth-order valence-corrected chi connectivity index (χ4v) is 2.71. The van der Waals surface area contributed by atoms with Gasteiger partial charge in [0.15, 0.2) is 0 Å². The Morgan fingerprint density at radius 1 is 1.33 bits per heavy atom. The number of benzene rings is 1. The Bertz CT molecular complexity index is 437. The summed E-state index contributed by atoms with van der Waals surface area (Å²) in [5, 5.41) is 0.231. The van der Waals surface area contributed by atoms with Gasteiger partial charge >= 0.3 is 0 Å². The molecule has 0 aliphatic heterocycles. The molecule has 1 nitrogen and oxygen atoms in total. The molecule has 18 heavy (non-hydrogen) atoms. The lowest BCUT2D eigenvalue weighted by molar-refractivity contribution is -0.0137. The van der Waals surface area contributed by atoms with E-state index in [0.29, 0.717) is 5.92 Å². The van der Waals surface area contributed by atoms with E-state index in [1.807, 2.05) is 0 Å². The van der Waals surface area contributed by atoms with Crippen LogP contribution in [0.25, 0.3) is 0 Å². The van der Waals surface area contributed by atoms with E-state index >= 15 is 0 Å². The first-order chi connectivity index (χ1) is 8.32. The molecule has 1 aromatic rings. The molecule has 1 aliphatic rings. The first-order valence-corrected chi connectivity index (χ1v) is 7.17. The highest BCUT2D eigenvalue weighted by atomic mass is 35.5. The summed E-state index contributed by atoms with van der Waals surface area (Å²) >= 11 is 6.26. The molecule has 0 saturated heterocycles. The standard InChI is InChI=1S/C16H23ClO/c1-10(2)12-7-6-11(3)8-13(12)18-15-9-14(17)16(15,4)5/h6-8,10,14-15H,9H2,1-5H3. The van der Waals surface area contributed by atoms with E-state index in [2.05, 4.69) is 52.8 Å². The highest BCUT2D eigenvalue weighted by molar-refractivity contribution is 6.21. The Kier molecular flexibility index (Phi) is 3.64. The molecule has 0 bridgehead atoms. The summed E-state index contributed by atoms with van der Waals surface area (Å²) in [5.74, 6) is 1.52. The minimum atomic E-state index is 0.0690. The van der Waals surface area contributed by atoms with Gasteiger partial charge in [-0.1, -0.05) is 39.8 Å². The monoisotopic (exact) mass is 266 g/mol. The fourth-order valence-electron chi connectivity index (χ4n) is 2.41. The van der Waals surface area contributed by atoms with Crippen molar-refractivity contribution in [2.75, 3.05) is 0 Å². The summed E-state index contributed by atoms with van der Waals surface area (Å²) in [7, 11) is 0. The van der Waals surface area contributed by atoms with E-state index in [1.54, 1.807) is 0 Å². The van der Waals surface area contributed by atoms with Crippen LogP contribution < -0.4 is 4.74 Å². The highest BCUT2D eigenvalue weighted by Crippen LogP contribution is 2.47. The topological polar surface area (TPSA) is 9.23 Å². The van der Waals surface area contributed by atoms with Crippen LogP contribution in [-0.4, -0.2) is 11.5 Å². The van der Waals surface area contributed by atoms with E-state index in [1.165, 1.54) is 11.1 Å². The Morgan fingerprint density at radius 3 is 2.50 bits per heavy atom. The summed E-state index contributed by atoms with van der Waals surface area (Å²) in [4.78, 5) is 0. The summed E-state index contributed by atoms with van der Waals surface area (Å²) in [6.45, 7) is 10.9. The Morgan fingerprint density at radius 2 is 2.00 bits per heavy atom. The molecule has 2 unspecified atom stereocenters. The van der Waals surface area contributed by atoms with E-state index < -0.39 is 0 Å². The number of alkyl halides is 1. The van der Waals surface area contributed by atoms with Crippen LogP contribution in [0, 0.1) is 12.3 Å². The molecule has 1 saturated carbocycles. The molecule has 2 heteroatoms. The first kappa shape index (κ1) is 13.7. The molecule has 0 amide bonds. The van der Waals surface area contributed by atoms with Gasteiger partial charge in [0.05, 0.1) is 0 Å². The van der Waals surface area contributed by atoms with Crippen molar-refractivity contribution in [2.24, 2.45) is 5.41 Å². The molecule has 1 aromatic carbocycles. The largest absolute Gasteiger partial charge is 0.489 e. The van der Waals surface area contributed by atoms with Crippen molar-refractivity contribution in [3.05, 3.63) is 29.3 Å². The van der Waals surface area contributed by atoms with Crippen molar-refractivity contribution in [2.45, 2.75) is 58.4 Å². The van der Waals surface area contributed by atoms with Crippen molar-refractivity contribution in [1.29, 1.82) is 0 Å². The van der Waals surface area contributed by atoms with Gasteiger partial charge in [0, 0.05) is 17.2 Å². The van der Waals surface area contributed by atoms with Gasteiger partial charge in [-0.3, -0.25) is 0 Å². The summed E-state index contributed by atoms with van der Waals surface area (Å²) in [6, 6.07) is 6.48. The van der Waals surface area contributed by atoms with Gasteiger partial charge < -0.3 is 4.74 Å². The van der Waals surface area contributed by atoms with Gasteiger partial charge in [0.25, 0.3) is 0 Å². The molecular formula is C16H23ClO. The quantitative estimate of drug-likeness (QED) is 0.707. The first-order valence-electron chi connectivity index (χ1n) is 6.73. The molecule has 2 atom stereocenters. The van der Waals surface area contributed by atoms with Crippen LogP contribution in [-0.2, 0) is 0 Å². The second-order valence-corrected chi connectivity index (χ2v) is 6.85. The maximum atomic E-state index is 6.26. The van der Waals surface area contributed by atoms with Crippen LogP contribution in [0.5, 0.6) is 5.75 Å². The lowest BCUT2D eigenvalue weighted by atomic mass is 9.68. The van der Waals surface area contributed by atoms with Crippen LogP contribution in [0.15, 0.2) is 18.2 Å². The zero-order valence-corrected chi connectivity index (χ0v) is 12.7. The van der Waals surface area contributed by atoms with E-state index in [-0.39, 0.29) is 16.9 Å². The zero-order chi connectivity index (χ0) is 13.5. The number of hydrogen-bond donors (Lipinski definition) is 0.